The average Bonchev–Trinajstić information content (AvgIpc) is 2.83. The summed E-state index contributed by atoms with van der Waals surface area (Å²) in [7, 11) is -2.39. The van der Waals surface area contributed by atoms with E-state index in [1.807, 2.05) is 0 Å². The molecule has 0 heterocycles. The van der Waals surface area contributed by atoms with Crippen molar-refractivity contribution in [2.24, 2.45) is 0 Å². The van der Waals surface area contributed by atoms with Gasteiger partial charge in [0.15, 0.2) is 0 Å². The Morgan fingerprint density at radius 2 is 1.20 bits per heavy atom. The van der Waals surface area contributed by atoms with E-state index < -0.39 is 16.1 Å². The largest absolute Gasteiger partial charge is 3.00 e. The van der Waals surface area contributed by atoms with E-state index >= 15 is 0 Å². The zero-order chi connectivity index (χ0) is 16.3. The van der Waals surface area contributed by atoms with Crippen LogP contribution in [-0.4, -0.2) is 27.1 Å². The molecule has 0 aliphatic heterocycles. The van der Waals surface area contributed by atoms with Gasteiger partial charge in [0, 0.05) is 11.0 Å². The molecule has 0 nitrogen and oxygen atoms in total. The molecule has 0 spiro atoms. The molecule has 0 saturated heterocycles. The smallest absolute Gasteiger partial charge is 0.358 e. The molecule has 0 N–H and O–H groups in total. The van der Waals surface area contributed by atoms with E-state index in [0.29, 0.717) is 0 Å². The molecule has 25 heavy (non-hydrogen) atoms. The fourth-order valence-electron chi connectivity index (χ4n) is 1.98. The van der Waals surface area contributed by atoms with Gasteiger partial charge in [-0.2, -0.15) is 17.5 Å². The van der Waals surface area contributed by atoms with E-state index in [2.05, 4.69) is 94.9 Å². The predicted octanol–water partition coefficient (Wildman–Crippen LogP) is 6.93. The van der Waals surface area contributed by atoms with Crippen molar-refractivity contribution in [3.63, 3.8) is 0 Å². The molecule has 0 unspecified atom stereocenters. The van der Waals surface area contributed by atoms with Crippen LogP contribution in [-0.2, 0) is 21.7 Å². The monoisotopic (exact) mass is 419 g/mol. The van der Waals surface area contributed by atoms with Gasteiger partial charge in [0.2, 0.25) is 0 Å². The normalized spacial score (nSPS) is 9.84. The van der Waals surface area contributed by atoms with Crippen LogP contribution in [0.25, 0.3) is 10.8 Å². The summed E-state index contributed by atoms with van der Waals surface area (Å²) in [6.45, 7) is 22.4. The van der Waals surface area contributed by atoms with Gasteiger partial charge in [-0.3, -0.25) is 0 Å². The van der Waals surface area contributed by atoms with E-state index in [0.717, 1.165) is 0 Å². The number of rotatable bonds is 3. The molecule has 2 rings (SSSR count). The molecule has 5 radical (unpaired) electrons. The van der Waals surface area contributed by atoms with E-state index in [1.54, 1.807) is 0 Å². The number of allylic oxidation sites excluding steroid dienone is 2. The molecule has 0 aliphatic carbocycles. The maximum Gasteiger partial charge on any atom is 3.00 e. The van der Waals surface area contributed by atoms with Crippen LogP contribution in [0.4, 0.5) is 0 Å². The summed E-state index contributed by atoms with van der Waals surface area (Å²) in [5, 5.41) is 5.39. The second kappa shape index (κ2) is 12.9. The van der Waals surface area contributed by atoms with Gasteiger partial charge in [-0.25, -0.2) is 0 Å². The fourth-order valence-corrected chi connectivity index (χ4v) is 6.04. The SMILES string of the molecule is C=C(C(=C)[Si](C)(C)C)[Si](C)(C)C.[CH3-].[CH3-].[Si].[Ti+3].c1ccc2[cH-]ccc2c1. The zero-order valence-electron chi connectivity index (χ0n) is 17.5. The number of fused-ring (bicyclic) bond motifs is 1. The molecule has 0 amide bonds. The van der Waals surface area contributed by atoms with Crippen molar-refractivity contribution in [1.29, 1.82) is 0 Å². The molecule has 135 valence electrons. The van der Waals surface area contributed by atoms with Crippen LogP contribution in [0.5, 0.6) is 0 Å². The third-order valence-corrected chi connectivity index (χ3v) is 8.20. The average molecular weight is 420 g/mol. The van der Waals surface area contributed by atoms with Crippen molar-refractivity contribution >= 4 is 37.9 Å². The second-order valence-electron chi connectivity index (χ2n) is 7.61. The number of hydrogen-bond acceptors (Lipinski definition) is 0. The third-order valence-electron chi connectivity index (χ3n) is 3.72. The van der Waals surface area contributed by atoms with E-state index in [-0.39, 0.29) is 47.5 Å². The van der Waals surface area contributed by atoms with Crippen LogP contribution in [0, 0.1) is 14.9 Å². The number of hydrogen-bond donors (Lipinski definition) is 0. The second-order valence-corrected chi connectivity index (χ2v) is 17.8. The molecule has 0 aliphatic rings. The standard InChI is InChI=1S/C10H22Si2.C9H7.2CH3.Si.Ti/c1-9(11(3,4)5)10(2)12(6,7)8;1-2-5-9-7-3-6-8(9)4-1;;;;/h1-2H2,3-8H3;1-7H;2*1H3;;/q;3*-1;;+3. The first-order chi connectivity index (χ1) is 9.53. The van der Waals surface area contributed by atoms with Crippen molar-refractivity contribution < 1.29 is 21.7 Å². The summed E-state index contributed by atoms with van der Waals surface area (Å²) in [4.78, 5) is 0. The van der Waals surface area contributed by atoms with Crippen LogP contribution in [0.15, 0.2) is 66.0 Å². The molecular weight excluding hydrogens is 384 g/mol. The minimum Gasteiger partial charge on any atom is -0.358 e. The van der Waals surface area contributed by atoms with Crippen molar-refractivity contribution in [3.05, 3.63) is 80.9 Å². The first-order valence-electron chi connectivity index (χ1n) is 7.53. The molecule has 0 aromatic heterocycles. The summed E-state index contributed by atoms with van der Waals surface area (Å²) >= 11 is 0. The first-order valence-corrected chi connectivity index (χ1v) is 14.5. The first kappa shape index (κ1) is 32.4. The molecule has 0 fully saturated rings. The van der Waals surface area contributed by atoms with Gasteiger partial charge in [0.05, 0.1) is 16.1 Å². The minimum atomic E-state index is -1.19. The quantitative estimate of drug-likeness (QED) is 0.287. The maximum absolute atomic E-state index is 4.19. The van der Waals surface area contributed by atoms with Crippen LogP contribution in [0.3, 0.4) is 0 Å². The van der Waals surface area contributed by atoms with Crippen molar-refractivity contribution in [3.8, 4) is 0 Å². The molecular formula is C21H35Si3Ti. The Morgan fingerprint density at radius 1 is 0.800 bits per heavy atom. The Labute approximate surface area is 179 Å². The topological polar surface area (TPSA) is 0 Å². The summed E-state index contributed by atoms with van der Waals surface area (Å²) in [5.74, 6) is 0. The van der Waals surface area contributed by atoms with E-state index in [4.69, 9.17) is 0 Å². The van der Waals surface area contributed by atoms with Gasteiger partial charge in [-0.1, -0.05) is 68.9 Å². The third kappa shape index (κ3) is 10.4. The van der Waals surface area contributed by atoms with Gasteiger partial charge >= 0.3 is 21.7 Å². The predicted molar refractivity (Wildman–Crippen MR) is 123 cm³/mol. The van der Waals surface area contributed by atoms with Gasteiger partial charge in [-0.15, -0.1) is 29.7 Å². The van der Waals surface area contributed by atoms with Crippen LogP contribution in [0.2, 0.25) is 39.3 Å². The van der Waals surface area contributed by atoms with Gasteiger partial charge in [0.25, 0.3) is 0 Å². The molecule has 2 aromatic rings. The van der Waals surface area contributed by atoms with Crippen molar-refractivity contribution in [1.82, 2.24) is 0 Å². The Morgan fingerprint density at radius 3 is 1.56 bits per heavy atom. The van der Waals surface area contributed by atoms with E-state index in [1.165, 1.54) is 21.2 Å². The molecule has 2 aromatic carbocycles. The van der Waals surface area contributed by atoms with Crippen LogP contribution < -0.4 is 0 Å². The van der Waals surface area contributed by atoms with Crippen LogP contribution >= 0.6 is 0 Å². The van der Waals surface area contributed by atoms with Gasteiger partial charge in [-0.05, 0) is 0 Å². The zero-order valence-corrected chi connectivity index (χ0v) is 22.0. The van der Waals surface area contributed by atoms with Crippen molar-refractivity contribution in [2.45, 2.75) is 39.3 Å². The molecule has 0 bridgehead atoms. The van der Waals surface area contributed by atoms with E-state index in [9.17, 15) is 0 Å². The fraction of sp³-hybridized carbons (Fsp3) is 0.286. The van der Waals surface area contributed by atoms with Crippen molar-refractivity contribution in [2.75, 3.05) is 0 Å². The summed E-state index contributed by atoms with van der Waals surface area (Å²) in [5.41, 5.74) is 0. The van der Waals surface area contributed by atoms with Gasteiger partial charge in [0.1, 0.15) is 0 Å². The molecule has 0 saturated carbocycles. The summed E-state index contributed by atoms with van der Waals surface area (Å²) in [6.07, 6.45) is 0. The Hall–Kier alpha value is -0.325. The maximum atomic E-state index is 4.19. The summed E-state index contributed by atoms with van der Waals surface area (Å²) in [6, 6.07) is 14.7. The van der Waals surface area contributed by atoms with Crippen LogP contribution in [0.1, 0.15) is 0 Å². The summed E-state index contributed by atoms with van der Waals surface area (Å²) < 4.78 is 0. The Balaban J connectivity index is -0.000000154. The number of benzene rings is 1. The molecule has 4 heteroatoms. The Kier molecular flexibility index (Phi) is 16.7. The Bertz CT molecular complexity index is 574. The minimum absolute atomic E-state index is 0. The molecule has 0 atom stereocenters. The van der Waals surface area contributed by atoms with Gasteiger partial charge < -0.3 is 14.9 Å².